The van der Waals surface area contributed by atoms with Gasteiger partial charge in [0.1, 0.15) is 0 Å². The first-order valence-corrected chi connectivity index (χ1v) is 4.93. The van der Waals surface area contributed by atoms with E-state index >= 15 is 0 Å². The van der Waals surface area contributed by atoms with Crippen molar-refractivity contribution in [3.8, 4) is 0 Å². The van der Waals surface area contributed by atoms with E-state index in [1.165, 1.54) is 5.56 Å². The molecule has 0 saturated heterocycles. The van der Waals surface area contributed by atoms with E-state index in [1.54, 1.807) is 0 Å². The Morgan fingerprint density at radius 1 is 1.08 bits per heavy atom. The normalized spacial score (nSPS) is 8.75. The summed E-state index contributed by atoms with van der Waals surface area (Å²) in [6.45, 7) is 6.08. The third-order valence-electron chi connectivity index (χ3n) is 1.39. The smallest absolute Gasteiger partial charge is 0.0595 e. The average molecular weight is 205 g/mol. The number of benzene rings is 1. The first-order chi connectivity index (χ1) is 5.74. The zero-order valence-corrected chi connectivity index (χ0v) is 9.21. The maximum Gasteiger partial charge on any atom is 0.0595 e. The van der Waals surface area contributed by atoms with Gasteiger partial charge in [0.25, 0.3) is 0 Å². The van der Waals surface area contributed by atoms with E-state index in [0.717, 1.165) is 6.42 Å². The van der Waals surface area contributed by atoms with E-state index < -0.39 is 0 Å². The Kier molecular flexibility index (Phi) is 6.23. The SMILES string of the molecule is CC.CCc1ccc(Cl)c(Cl)c1. The fraction of sp³-hybridized carbons (Fsp3) is 0.400. The van der Waals surface area contributed by atoms with Crippen molar-refractivity contribution in [3.63, 3.8) is 0 Å². The van der Waals surface area contributed by atoms with Crippen molar-refractivity contribution in [2.75, 3.05) is 0 Å². The summed E-state index contributed by atoms with van der Waals surface area (Å²) < 4.78 is 0. The fourth-order valence-electron chi connectivity index (χ4n) is 0.760. The molecule has 0 amide bonds. The summed E-state index contributed by atoms with van der Waals surface area (Å²) in [5.74, 6) is 0. The largest absolute Gasteiger partial charge is 0.0827 e. The van der Waals surface area contributed by atoms with Crippen molar-refractivity contribution in [2.45, 2.75) is 27.2 Å². The fourth-order valence-corrected chi connectivity index (χ4v) is 1.08. The Bertz CT molecular complexity index is 231. The molecule has 1 aromatic carbocycles. The van der Waals surface area contributed by atoms with Crippen molar-refractivity contribution in [1.29, 1.82) is 0 Å². The van der Waals surface area contributed by atoms with Crippen LogP contribution in [-0.4, -0.2) is 0 Å². The standard InChI is InChI=1S/C8H8Cl2.C2H6/c1-2-6-3-4-7(9)8(10)5-6;1-2/h3-5H,2H2,1H3;1-2H3. The van der Waals surface area contributed by atoms with Crippen LogP contribution in [0.3, 0.4) is 0 Å². The van der Waals surface area contributed by atoms with Crippen LogP contribution >= 0.6 is 23.2 Å². The number of rotatable bonds is 1. The van der Waals surface area contributed by atoms with Crippen molar-refractivity contribution >= 4 is 23.2 Å². The second-order valence-corrected chi connectivity index (χ2v) is 2.92. The summed E-state index contributed by atoms with van der Waals surface area (Å²) in [5.41, 5.74) is 1.22. The van der Waals surface area contributed by atoms with Gasteiger partial charge in [0.05, 0.1) is 10.0 Å². The van der Waals surface area contributed by atoms with Crippen molar-refractivity contribution in [2.24, 2.45) is 0 Å². The third kappa shape index (κ3) is 3.46. The van der Waals surface area contributed by atoms with E-state index in [-0.39, 0.29) is 0 Å². The van der Waals surface area contributed by atoms with Crippen molar-refractivity contribution in [1.82, 2.24) is 0 Å². The highest BCUT2D eigenvalue weighted by Crippen LogP contribution is 2.22. The molecule has 0 saturated carbocycles. The molecule has 12 heavy (non-hydrogen) atoms. The highest BCUT2D eigenvalue weighted by atomic mass is 35.5. The van der Waals surface area contributed by atoms with Gasteiger partial charge in [-0.05, 0) is 24.1 Å². The molecule has 0 aliphatic heterocycles. The Morgan fingerprint density at radius 2 is 1.67 bits per heavy atom. The zero-order valence-electron chi connectivity index (χ0n) is 7.70. The van der Waals surface area contributed by atoms with E-state index in [4.69, 9.17) is 23.2 Å². The second kappa shape index (κ2) is 6.33. The summed E-state index contributed by atoms with van der Waals surface area (Å²) in [6.07, 6.45) is 0.997. The molecule has 0 fully saturated rings. The third-order valence-corrected chi connectivity index (χ3v) is 2.13. The molecule has 0 nitrogen and oxygen atoms in total. The van der Waals surface area contributed by atoms with Gasteiger partial charge in [-0.3, -0.25) is 0 Å². The van der Waals surface area contributed by atoms with Crippen molar-refractivity contribution < 1.29 is 0 Å². The molecular formula is C10H14Cl2. The van der Waals surface area contributed by atoms with Gasteiger partial charge in [-0.1, -0.05) is 50.0 Å². The second-order valence-electron chi connectivity index (χ2n) is 2.10. The number of hydrogen-bond acceptors (Lipinski definition) is 0. The molecule has 0 aromatic heterocycles. The van der Waals surface area contributed by atoms with Crippen LogP contribution in [0.1, 0.15) is 26.3 Å². The summed E-state index contributed by atoms with van der Waals surface area (Å²) >= 11 is 11.5. The predicted octanol–water partition coefficient (Wildman–Crippen LogP) is 4.58. The molecule has 0 unspecified atom stereocenters. The van der Waals surface area contributed by atoms with Crippen LogP contribution < -0.4 is 0 Å². The highest BCUT2D eigenvalue weighted by molar-refractivity contribution is 6.41. The summed E-state index contributed by atoms with van der Waals surface area (Å²) in [4.78, 5) is 0. The highest BCUT2D eigenvalue weighted by Gasteiger charge is 1.96. The van der Waals surface area contributed by atoms with Gasteiger partial charge in [0, 0.05) is 0 Å². The Balaban J connectivity index is 0.000000561. The Labute approximate surface area is 84.5 Å². The van der Waals surface area contributed by atoms with Gasteiger partial charge in [-0.25, -0.2) is 0 Å². The molecule has 0 aliphatic rings. The summed E-state index contributed by atoms with van der Waals surface area (Å²) in [7, 11) is 0. The minimum atomic E-state index is 0.624. The topological polar surface area (TPSA) is 0 Å². The van der Waals surface area contributed by atoms with E-state index in [0.29, 0.717) is 10.0 Å². The van der Waals surface area contributed by atoms with Gasteiger partial charge >= 0.3 is 0 Å². The lowest BCUT2D eigenvalue weighted by Gasteiger charge is -1.97. The lowest BCUT2D eigenvalue weighted by molar-refractivity contribution is 1.14. The minimum Gasteiger partial charge on any atom is -0.0827 e. The van der Waals surface area contributed by atoms with Gasteiger partial charge in [0.2, 0.25) is 0 Å². The maximum atomic E-state index is 5.76. The summed E-state index contributed by atoms with van der Waals surface area (Å²) in [6, 6.07) is 5.70. The number of aryl methyl sites for hydroxylation is 1. The molecule has 0 bridgehead atoms. The maximum absolute atomic E-state index is 5.76. The van der Waals surface area contributed by atoms with E-state index in [2.05, 4.69) is 6.92 Å². The molecule has 0 heterocycles. The van der Waals surface area contributed by atoms with E-state index in [9.17, 15) is 0 Å². The van der Waals surface area contributed by atoms with Gasteiger partial charge in [-0.15, -0.1) is 0 Å². The molecule has 68 valence electrons. The first-order valence-electron chi connectivity index (χ1n) is 4.18. The van der Waals surface area contributed by atoms with Gasteiger partial charge < -0.3 is 0 Å². The van der Waals surface area contributed by atoms with Crippen LogP contribution in [0.2, 0.25) is 10.0 Å². The van der Waals surface area contributed by atoms with Crippen LogP contribution in [-0.2, 0) is 6.42 Å². The van der Waals surface area contributed by atoms with Crippen LogP contribution in [0, 0.1) is 0 Å². The minimum absolute atomic E-state index is 0.624. The molecule has 2 heteroatoms. The predicted molar refractivity (Wildman–Crippen MR) is 57.2 cm³/mol. The van der Waals surface area contributed by atoms with Crippen LogP contribution in [0.25, 0.3) is 0 Å². The molecule has 0 spiro atoms. The van der Waals surface area contributed by atoms with Gasteiger partial charge in [-0.2, -0.15) is 0 Å². The zero-order chi connectivity index (χ0) is 9.56. The molecule has 0 N–H and O–H groups in total. The molecule has 0 aliphatic carbocycles. The Hall–Kier alpha value is -0.200. The van der Waals surface area contributed by atoms with Gasteiger partial charge in [0.15, 0.2) is 0 Å². The quantitative estimate of drug-likeness (QED) is 0.629. The first kappa shape index (κ1) is 11.8. The lowest BCUT2D eigenvalue weighted by Crippen LogP contribution is -1.78. The average Bonchev–Trinajstić information content (AvgIpc) is 2.13. The lowest BCUT2D eigenvalue weighted by atomic mass is 10.2. The van der Waals surface area contributed by atoms with Crippen molar-refractivity contribution in [3.05, 3.63) is 33.8 Å². The molecule has 1 rings (SSSR count). The molecule has 0 atom stereocenters. The monoisotopic (exact) mass is 204 g/mol. The molecule has 0 radical (unpaired) electrons. The van der Waals surface area contributed by atoms with Crippen LogP contribution in [0.5, 0.6) is 0 Å². The Morgan fingerprint density at radius 3 is 2.08 bits per heavy atom. The molecular weight excluding hydrogens is 191 g/mol. The molecule has 1 aromatic rings. The van der Waals surface area contributed by atoms with Crippen LogP contribution in [0.15, 0.2) is 18.2 Å². The number of halogens is 2. The van der Waals surface area contributed by atoms with E-state index in [1.807, 2.05) is 32.0 Å². The number of hydrogen-bond donors (Lipinski definition) is 0. The van der Waals surface area contributed by atoms with Crippen LogP contribution in [0.4, 0.5) is 0 Å². The summed E-state index contributed by atoms with van der Waals surface area (Å²) in [5, 5.41) is 1.26.